The second-order valence-corrected chi connectivity index (χ2v) is 5.36. The largest absolute Gasteiger partial charge is 0.387 e. The number of hydrogen-bond donors (Lipinski definition) is 3. The zero-order valence-electron chi connectivity index (χ0n) is 11.2. The third kappa shape index (κ3) is 3.41. The van der Waals surface area contributed by atoms with Crippen LogP contribution in [0, 0.1) is 6.92 Å². The highest BCUT2D eigenvalue weighted by molar-refractivity contribution is 7.09. The van der Waals surface area contributed by atoms with Crippen LogP contribution in [0.3, 0.4) is 0 Å². The summed E-state index contributed by atoms with van der Waals surface area (Å²) in [7, 11) is 0. The molecule has 0 radical (unpaired) electrons. The molecule has 0 aliphatic rings. The normalized spacial score (nSPS) is 12.2. The molecule has 0 aliphatic heterocycles. The fraction of sp³-hybridized carbons (Fsp3) is 0.286. The molecule has 2 rings (SSSR count). The Labute approximate surface area is 121 Å². The average molecular weight is 291 g/mol. The summed E-state index contributed by atoms with van der Waals surface area (Å²) in [6.45, 7) is 2.40. The Morgan fingerprint density at radius 1 is 1.50 bits per heavy atom. The SMILES string of the molecule is Cc1ccccc1C(O)CNC(=O)c1csc(CN)n1. The predicted octanol–water partition coefficient (Wildman–Crippen LogP) is 1.37. The molecule has 2 aromatic rings. The molecule has 1 amide bonds. The van der Waals surface area contributed by atoms with Crippen LogP contribution in [0.2, 0.25) is 0 Å². The molecule has 6 heteroatoms. The van der Waals surface area contributed by atoms with E-state index in [1.807, 2.05) is 31.2 Å². The van der Waals surface area contributed by atoms with Crippen LogP contribution in [0.15, 0.2) is 29.6 Å². The van der Waals surface area contributed by atoms with Crippen molar-refractivity contribution in [3.63, 3.8) is 0 Å². The lowest BCUT2D eigenvalue weighted by atomic mass is 10.0. The molecule has 0 fully saturated rings. The van der Waals surface area contributed by atoms with Gasteiger partial charge in [0.1, 0.15) is 10.7 Å². The highest BCUT2D eigenvalue weighted by atomic mass is 32.1. The predicted molar refractivity (Wildman–Crippen MR) is 78.5 cm³/mol. The van der Waals surface area contributed by atoms with Crippen LogP contribution in [0.5, 0.6) is 0 Å². The lowest BCUT2D eigenvalue weighted by molar-refractivity contribution is 0.0911. The molecule has 1 aromatic heterocycles. The van der Waals surface area contributed by atoms with Crippen LogP contribution in [0.25, 0.3) is 0 Å². The summed E-state index contributed by atoms with van der Waals surface area (Å²) >= 11 is 1.35. The minimum absolute atomic E-state index is 0.152. The van der Waals surface area contributed by atoms with E-state index in [-0.39, 0.29) is 12.5 Å². The number of hydrogen-bond acceptors (Lipinski definition) is 5. The van der Waals surface area contributed by atoms with Gasteiger partial charge in [0.05, 0.1) is 6.10 Å². The van der Waals surface area contributed by atoms with Gasteiger partial charge in [0, 0.05) is 18.5 Å². The van der Waals surface area contributed by atoms with Gasteiger partial charge < -0.3 is 16.2 Å². The standard InChI is InChI=1S/C14H17N3O2S/c1-9-4-2-3-5-10(9)12(18)7-16-14(19)11-8-20-13(6-15)17-11/h2-5,8,12,18H,6-7,15H2,1H3,(H,16,19). The maximum atomic E-state index is 11.9. The number of nitrogens with zero attached hydrogens (tertiary/aromatic N) is 1. The molecule has 106 valence electrons. The Morgan fingerprint density at radius 3 is 2.90 bits per heavy atom. The van der Waals surface area contributed by atoms with Crippen molar-refractivity contribution >= 4 is 17.2 Å². The lowest BCUT2D eigenvalue weighted by Gasteiger charge is -2.14. The molecule has 1 heterocycles. The van der Waals surface area contributed by atoms with Gasteiger partial charge in [0.15, 0.2) is 0 Å². The average Bonchev–Trinajstić information content (AvgIpc) is 2.94. The number of amides is 1. The number of carbonyl (C=O) groups is 1. The van der Waals surface area contributed by atoms with E-state index < -0.39 is 6.10 Å². The minimum atomic E-state index is -0.729. The van der Waals surface area contributed by atoms with Gasteiger partial charge in [0.25, 0.3) is 5.91 Å². The number of thiazole rings is 1. The third-order valence-electron chi connectivity index (χ3n) is 2.96. The number of carbonyl (C=O) groups excluding carboxylic acids is 1. The quantitative estimate of drug-likeness (QED) is 0.776. The van der Waals surface area contributed by atoms with Gasteiger partial charge in [-0.1, -0.05) is 24.3 Å². The van der Waals surface area contributed by atoms with E-state index in [1.165, 1.54) is 11.3 Å². The molecular formula is C14H17N3O2S. The zero-order valence-corrected chi connectivity index (χ0v) is 12.0. The summed E-state index contributed by atoms with van der Waals surface area (Å²) in [5, 5.41) is 15.2. The van der Waals surface area contributed by atoms with Crippen LogP contribution in [-0.2, 0) is 6.54 Å². The summed E-state index contributed by atoms with van der Waals surface area (Å²) in [6.07, 6.45) is -0.729. The van der Waals surface area contributed by atoms with Crippen molar-refractivity contribution in [1.82, 2.24) is 10.3 Å². The monoisotopic (exact) mass is 291 g/mol. The molecule has 1 aromatic carbocycles. The minimum Gasteiger partial charge on any atom is -0.387 e. The number of aliphatic hydroxyl groups is 1. The Balaban J connectivity index is 1.95. The van der Waals surface area contributed by atoms with Crippen LogP contribution in [0.1, 0.15) is 32.7 Å². The van der Waals surface area contributed by atoms with Gasteiger partial charge in [-0.3, -0.25) is 4.79 Å². The maximum Gasteiger partial charge on any atom is 0.270 e. The highest BCUT2D eigenvalue weighted by Crippen LogP contribution is 2.16. The Morgan fingerprint density at radius 2 is 2.25 bits per heavy atom. The van der Waals surface area contributed by atoms with Crippen molar-refractivity contribution in [2.24, 2.45) is 5.73 Å². The van der Waals surface area contributed by atoms with E-state index in [4.69, 9.17) is 5.73 Å². The molecule has 1 atom stereocenters. The second-order valence-electron chi connectivity index (χ2n) is 4.41. The third-order valence-corrected chi connectivity index (χ3v) is 3.83. The fourth-order valence-electron chi connectivity index (χ4n) is 1.86. The van der Waals surface area contributed by atoms with Gasteiger partial charge >= 0.3 is 0 Å². The van der Waals surface area contributed by atoms with E-state index >= 15 is 0 Å². The van der Waals surface area contributed by atoms with Gasteiger partial charge in [-0.2, -0.15) is 0 Å². The number of aromatic nitrogens is 1. The second kappa shape index (κ2) is 6.60. The summed E-state index contributed by atoms with van der Waals surface area (Å²) in [5.74, 6) is -0.298. The Kier molecular flexibility index (Phi) is 4.84. The van der Waals surface area contributed by atoms with Crippen LogP contribution in [-0.4, -0.2) is 22.5 Å². The number of aliphatic hydroxyl groups excluding tert-OH is 1. The van der Waals surface area contributed by atoms with Gasteiger partial charge in [-0.25, -0.2) is 4.98 Å². The molecule has 0 saturated carbocycles. The van der Waals surface area contributed by atoms with Crippen LogP contribution < -0.4 is 11.1 Å². The number of benzene rings is 1. The first-order chi connectivity index (χ1) is 9.61. The van der Waals surface area contributed by atoms with Crippen LogP contribution >= 0.6 is 11.3 Å². The molecule has 5 nitrogen and oxygen atoms in total. The van der Waals surface area contributed by atoms with E-state index in [2.05, 4.69) is 10.3 Å². The van der Waals surface area contributed by atoms with Gasteiger partial charge in [0.2, 0.25) is 0 Å². The van der Waals surface area contributed by atoms with E-state index in [0.717, 1.165) is 16.1 Å². The van der Waals surface area contributed by atoms with Crippen molar-refractivity contribution in [3.8, 4) is 0 Å². The van der Waals surface area contributed by atoms with Gasteiger partial charge in [-0.05, 0) is 18.1 Å². The number of aryl methyl sites for hydroxylation is 1. The fourth-order valence-corrected chi connectivity index (χ4v) is 2.51. The molecular weight excluding hydrogens is 274 g/mol. The van der Waals surface area contributed by atoms with Gasteiger partial charge in [-0.15, -0.1) is 11.3 Å². The molecule has 20 heavy (non-hydrogen) atoms. The summed E-state index contributed by atoms with van der Waals surface area (Å²) in [6, 6.07) is 7.55. The summed E-state index contributed by atoms with van der Waals surface area (Å²) in [5.41, 5.74) is 7.60. The molecule has 0 bridgehead atoms. The molecule has 1 unspecified atom stereocenters. The number of rotatable bonds is 5. The number of nitrogens with one attached hydrogen (secondary N) is 1. The molecule has 0 saturated heterocycles. The topological polar surface area (TPSA) is 88.2 Å². The number of nitrogens with two attached hydrogens (primary N) is 1. The van der Waals surface area contributed by atoms with E-state index in [9.17, 15) is 9.90 Å². The van der Waals surface area contributed by atoms with Crippen molar-refractivity contribution in [1.29, 1.82) is 0 Å². The van der Waals surface area contributed by atoms with Crippen molar-refractivity contribution in [2.75, 3.05) is 6.54 Å². The van der Waals surface area contributed by atoms with E-state index in [0.29, 0.717) is 12.2 Å². The first-order valence-corrected chi connectivity index (χ1v) is 7.16. The van der Waals surface area contributed by atoms with E-state index in [1.54, 1.807) is 5.38 Å². The first-order valence-electron chi connectivity index (χ1n) is 6.28. The smallest absolute Gasteiger partial charge is 0.270 e. The zero-order chi connectivity index (χ0) is 14.5. The lowest BCUT2D eigenvalue weighted by Crippen LogP contribution is -2.28. The Hall–Kier alpha value is -1.76. The summed E-state index contributed by atoms with van der Waals surface area (Å²) < 4.78 is 0. The molecule has 0 aliphatic carbocycles. The molecule has 4 N–H and O–H groups in total. The van der Waals surface area contributed by atoms with Crippen molar-refractivity contribution < 1.29 is 9.90 Å². The van der Waals surface area contributed by atoms with Crippen molar-refractivity contribution in [3.05, 3.63) is 51.5 Å². The maximum absolute atomic E-state index is 11.9. The highest BCUT2D eigenvalue weighted by Gasteiger charge is 2.14. The summed E-state index contributed by atoms with van der Waals surface area (Å²) in [4.78, 5) is 16.0. The van der Waals surface area contributed by atoms with Crippen LogP contribution in [0.4, 0.5) is 0 Å². The molecule has 0 spiro atoms. The van der Waals surface area contributed by atoms with Crippen molar-refractivity contribution in [2.45, 2.75) is 19.6 Å². The Bertz CT molecular complexity index is 598. The first kappa shape index (κ1) is 14.6.